The molecule has 0 spiro atoms. The van der Waals surface area contributed by atoms with Crippen LogP contribution in [0.5, 0.6) is 0 Å². The van der Waals surface area contributed by atoms with Crippen molar-refractivity contribution in [3.63, 3.8) is 0 Å². The Hall–Kier alpha value is -1.17. The zero-order chi connectivity index (χ0) is 15.9. The van der Waals surface area contributed by atoms with Gasteiger partial charge in [-0.15, -0.1) is 0 Å². The molecular formula is C15H28F2N4. The summed E-state index contributed by atoms with van der Waals surface area (Å²) >= 11 is 0. The average molecular weight is 302 g/mol. The first-order valence-electron chi connectivity index (χ1n) is 7.63. The van der Waals surface area contributed by atoms with E-state index < -0.39 is 5.92 Å². The molecule has 1 heterocycles. The van der Waals surface area contributed by atoms with E-state index in [1.807, 2.05) is 11.9 Å². The first-order chi connectivity index (χ1) is 9.85. The SMILES string of the molecule is C=C(CN(CC)/N=C\C)N1CCC(NCC(C)(F)F)CC1. The van der Waals surface area contributed by atoms with Crippen molar-refractivity contribution in [1.29, 1.82) is 0 Å². The zero-order valence-electron chi connectivity index (χ0n) is 13.4. The normalized spacial score (nSPS) is 17.5. The Morgan fingerprint density at radius 1 is 1.48 bits per heavy atom. The highest BCUT2D eigenvalue weighted by Crippen LogP contribution is 2.17. The molecule has 0 amide bonds. The van der Waals surface area contributed by atoms with Crippen LogP contribution in [0.4, 0.5) is 8.78 Å². The summed E-state index contributed by atoms with van der Waals surface area (Å²) in [6, 6.07) is 0.177. The number of hydrogen-bond donors (Lipinski definition) is 1. The maximum Gasteiger partial charge on any atom is 0.257 e. The summed E-state index contributed by atoms with van der Waals surface area (Å²) in [7, 11) is 0. The number of halogens is 2. The average Bonchev–Trinajstić information content (AvgIpc) is 2.44. The van der Waals surface area contributed by atoms with Crippen LogP contribution in [0, 0.1) is 0 Å². The lowest BCUT2D eigenvalue weighted by Gasteiger charge is -2.36. The number of nitrogens with one attached hydrogen (secondary N) is 1. The Bertz CT molecular complexity index is 344. The van der Waals surface area contributed by atoms with Crippen LogP contribution in [-0.4, -0.2) is 60.8 Å². The van der Waals surface area contributed by atoms with Gasteiger partial charge in [-0.1, -0.05) is 6.58 Å². The highest BCUT2D eigenvalue weighted by atomic mass is 19.3. The molecule has 1 fully saturated rings. The molecule has 0 unspecified atom stereocenters. The standard InChI is InChI=1S/C15H28F2N4/c1-5-19-21(6-2)11-13(3)20-9-7-14(8-10-20)18-12-15(4,16)17/h5,14,18H,3,6-12H2,1-2,4H3/b19-5-. The van der Waals surface area contributed by atoms with E-state index in [1.54, 1.807) is 6.21 Å². The molecule has 1 saturated heterocycles. The summed E-state index contributed by atoms with van der Waals surface area (Å²) in [6.07, 6.45) is 3.52. The monoisotopic (exact) mass is 302 g/mol. The predicted molar refractivity (Wildman–Crippen MR) is 83.8 cm³/mol. The molecule has 0 aromatic rings. The van der Waals surface area contributed by atoms with Gasteiger partial charge < -0.3 is 10.2 Å². The number of piperidine rings is 1. The van der Waals surface area contributed by atoms with Gasteiger partial charge in [-0.25, -0.2) is 8.78 Å². The number of likely N-dealkylation sites (tertiary alicyclic amines) is 1. The topological polar surface area (TPSA) is 30.9 Å². The fourth-order valence-electron chi connectivity index (χ4n) is 2.43. The van der Waals surface area contributed by atoms with E-state index >= 15 is 0 Å². The minimum Gasteiger partial charge on any atom is -0.374 e. The van der Waals surface area contributed by atoms with Gasteiger partial charge in [0.2, 0.25) is 0 Å². The van der Waals surface area contributed by atoms with Crippen LogP contribution in [0.2, 0.25) is 0 Å². The van der Waals surface area contributed by atoms with Crippen molar-refractivity contribution in [3.8, 4) is 0 Å². The van der Waals surface area contributed by atoms with Crippen molar-refractivity contribution in [2.75, 3.05) is 32.7 Å². The van der Waals surface area contributed by atoms with Gasteiger partial charge in [0, 0.05) is 44.5 Å². The lowest BCUT2D eigenvalue weighted by atomic mass is 10.0. The van der Waals surface area contributed by atoms with Crippen LogP contribution < -0.4 is 5.32 Å². The lowest BCUT2D eigenvalue weighted by molar-refractivity contribution is 0.0177. The second kappa shape index (κ2) is 8.32. The first-order valence-corrected chi connectivity index (χ1v) is 7.63. The molecule has 122 valence electrons. The van der Waals surface area contributed by atoms with Crippen LogP contribution >= 0.6 is 0 Å². The van der Waals surface area contributed by atoms with Gasteiger partial charge in [0.1, 0.15) is 0 Å². The van der Waals surface area contributed by atoms with Crippen LogP contribution in [0.1, 0.15) is 33.6 Å². The maximum atomic E-state index is 12.8. The third-order valence-corrected chi connectivity index (χ3v) is 3.65. The highest BCUT2D eigenvalue weighted by molar-refractivity contribution is 5.52. The number of nitrogens with zero attached hydrogens (tertiary/aromatic N) is 3. The van der Waals surface area contributed by atoms with Crippen LogP contribution in [0.25, 0.3) is 0 Å². The largest absolute Gasteiger partial charge is 0.374 e. The molecule has 0 radical (unpaired) electrons. The summed E-state index contributed by atoms with van der Waals surface area (Å²) in [5, 5.41) is 9.19. The Balaban J connectivity index is 2.33. The molecule has 21 heavy (non-hydrogen) atoms. The zero-order valence-corrected chi connectivity index (χ0v) is 13.4. The van der Waals surface area contributed by atoms with Gasteiger partial charge in [-0.3, -0.25) is 5.01 Å². The van der Waals surface area contributed by atoms with Crippen LogP contribution in [-0.2, 0) is 0 Å². The summed E-state index contributed by atoms with van der Waals surface area (Å²) in [5.41, 5.74) is 1.04. The molecule has 1 aliphatic rings. The molecule has 4 nitrogen and oxygen atoms in total. The number of hydrazone groups is 1. The lowest BCUT2D eigenvalue weighted by Crippen LogP contribution is -2.45. The van der Waals surface area contributed by atoms with Crippen molar-refractivity contribution in [2.24, 2.45) is 5.10 Å². The minimum absolute atomic E-state index is 0.177. The Morgan fingerprint density at radius 3 is 2.57 bits per heavy atom. The molecule has 0 atom stereocenters. The minimum atomic E-state index is -2.64. The van der Waals surface area contributed by atoms with Gasteiger partial charge in [0.05, 0.1) is 13.1 Å². The Morgan fingerprint density at radius 2 is 2.10 bits per heavy atom. The van der Waals surface area contributed by atoms with E-state index in [9.17, 15) is 8.78 Å². The Kier molecular flexibility index (Phi) is 7.08. The van der Waals surface area contributed by atoms with Crippen molar-refractivity contribution in [2.45, 2.75) is 45.6 Å². The van der Waals surface area contributed by atoms with Crippen molar-refractivity contribution in [1.82, 2.24) is 15.2 Å². The number of alkyl halides is 2. The number of likely N-dealkylation sites (N-methyl/N-ethyl adjacent to an activating group) is 1. The fourth-order valence-corrected chi connectivity index (χ4v) is 2.43. The van der Waals surface area contributed by atoms with E-state index in [-0.39, 0.29) is 12.6 Å². The molecule has 0 aliphatic carbocycles. The van der Waals surface area contributed by atoms with Gasteiger partial charge in [0.25, 0.3) is 5.92 Å². The van der Waals surface area contributed by atoms with Gasteiger partial charge in [0.15, 0.2) is 0 Å². The van der Waals surface area contributed by atoms with Gasteiger partial charge in [-0.05, 0) is 26.7 Å². The van der Waals surface area contributed by atoms with E-state index in [4.69, 9.17) is 0 Å². The molecule has 0 bridgehead atoms. The smallest absolute Gasteiger partial charge is 0.257 e. The molecule has 6 heteroatoms. The second-order valence-electron chi connectivity index (χ2n) is 5.63. The van der Waals surface area contributed by atoms with E-state index in [2.05, 4.69) is 28.8 Å². The van der Waals surface area contributed by atoms with Crippen molar-refractivity contribution in [3.05, 3.63) is 12.3 Å². The summed E-state index contributed by atoms with van der Waals surface area (Å²) < 4.78 is 25.7. The van der Waals surface area contributed by atoms with Crippen molar-refractivity contribution >= 4 is 6.21 Å². The summed E-state index contributed by atoms with van der Waals surface area (Å²) in [5.74, 6) is -2.64. The van der Waals surface area contributed by atoms with Crippen LogP contribution in [0.15, 0.2) is 17.4 Å². The van der Waals surface area contributed by atoms with E-state index in [0.717, 1.165) is 45.1 Å². The summed E-state index contributed by atoms with van der Waals surface area (Å²) in [6.45, 7) is 12.1. The number of rotatable bonds is 8. The number of hydrogen-bond acceptors (Lipinski definition) is 4. The third-order valence-electron chi connectivity index (χ3n) is 3.65. The summed E-state index contributed by atoms with van der Waals surface area (Å²) in [4.78, 5) is 2.23. The Labute approximate surface area is 126 Å². The molecule has 1 aliphatic heterocycles. The fraction of sp³-hybridized carbons (Fsp3) is 0.800. The van der Waals surface area contributed by atoms with Crippen LogP contribution in [0.3, 0.4) is 0 Å². The highest BCUT2D eigenvalue weighted by Gasteiger charge is 2.25. The molecule has 0 aromatic heterocycles. The van der Waals surface area contributed by atoms with E-state index in [1.165, 1.54) is 0 Å². The predicted octanol–water partition coefficient (Wildman–Crippen LogP) is 2.54. The maximum absolute atomic E-state index is 12.8. The third kappa shape index (κ3) is 6.89. The molecule has 1 rings (SSSR count). The van der Waals surface area contributed by atoms with Crippen molar-refractivity contribution < 1.29 is 8.78 Å². The van der Waals surface area contributed by atoms with Gasteiger partial charge >= 0.3 is 0 Å². The van der Waals surface area contributed by atoms with Gasteiger partial charge in [-0.2, -0.15) is 5.10 Å². The molecule has 0 aromatic carbocycles. The van der Waals surface area contributed by atoms with E-state index in [0.29, 0.717) is 6.54 Å². The molecular weight excluding hydrogens is 274 g/mol. The molecule has 0 saturated carbocycles. The first kappa shape index (κ1) is 17.9. The quantitative estimate of drug-likeness (QED) is 0.552. The molecule has 1 N–H and O–H groups in total. The second-order valence-corrected chi connectivity index (χ2v) is 5.63.